The number of nitrogens with one attached hydrogen (secondary N) is 1. The van der Waals surface area contributed by atoms with Crippen LogP contribution in [-0.4, -0.2) is 33.4 Å². The lowest BCUT2D eigenvalue weighted by Gasteiger charge is -2.06. The number of anilines is 1. The minimum atomic E-state index is -1.49. The zero-order valence-corrected chi connectivity index (χ0v) is 13.7. The fraction of sp³-hybridized carbons (Fsp3) is 0.200. The third-order valence-corrected chi connectivity index (χ3v) is 4.92. The highest BCUT2D eigenvalue weighted by atomic mass is 32.2. The van der Waals surface area contributed by atoms with E-state index in [9.17, 15) is 4.21 Å². The van der Waals surface area contributed by atoms with E-state index in [1.165, 1.54) is 6.20 Å². The molecule has 2 aromatic heterocycles. The molecule has 1 atom stereocenters. The van der Waals surface area contributed by atoms with E-state index in [1.807, 2.05) is 0 Å². The highest BCUT2D eigenvalue weighted by Gasteiger charge is 2.17. The van der Waals surface area contributed by atoms with Crippen molar-refractivity contribution in [1.82, 2.24) is 15.0 Å². The SMILES string of the molecule is COc1cc2nc(S(=O)c3ccnc(N)c3C)[nH]c2cc1OC. The lowest BCUT2D eigenvalue weighted by atomic mass is 10.3. The van der Waals surface area contributed by atoms with Crippen molar-refractivity contribution in [3.63, 3.8) is 0 Å². The van der Waals surface area contributed by atoms with Gasteiger partial charge >= 0.3 is 0 Å². The molecule has 0 fully saturated rings. The number of benzene rings is 1. The molecule has 0 aliphatic carbocycles. The summed E-state index contributed by atoms with van der Waals surface area (Å²) >= 11 is 0. The van der Waals surface area contributed by atoms with Gasteiger partial charge in [0.25, 0.3) is 0 Å². The van der Waals surface area contributed by atoms with Crippen molar-refractivity contribution >= 4 is 27.7 Å². The maximum Gasteiger partial charge on any atom is 0.202 e. The first-order valence-electron chi connectivity index (χ1n) is 6.79. The third kappa shape index (κ3) is 2.61. The number of aromatic nitrogens is 3. The summed E-state index contributed by atoms with van der Waals surface area (Å²) < 4.78 is 23.3. The lowest BCUT2D eigenvalue weighted by Crippen LogP contribution is -2.02. The summed E-state index contributed by atoms with van der Waals surface area (Å²) in [6.45, 7) is 1.78. The molecule has 120 valence electrons. The molecule has 0 bridgehead atoms. The molecule has 0 saturated carbocycles. The molecule has 1 unspecified atom stereocenters. The first kappa shape index (κ1) is 15.3. The summed E-state index contributed by atoms with van der Waals surface area (Å²) in [5.41, 5.74) is 7.82. The molecule has 23 heavy (non-hydrogen) atoms. The van der Waals surface area contributed by atoms with E-state index in [4.69, 9.17) is 15.2 Å². The van der Waals surface area contributed by atoms with Crippen LogP contribution in [0, 0.1) is 6.92 Å². The summed E-state index contributed by atoms with van der Waals surface area (Å²) in [4.78, 5) is 12.0. The summed E-state index contributed by atoms with van der Waals surface area (Å²) in [7, 11) is 1.63. The van der Waals surface area contributed by atoms with Gasteiger partial charge in [-0.3, -0.25) is 0 Å². The number of ether oxygens (including phenoxy) is 2. The molecule has 0 amide bonds. The maximum atomic E-state index is 12.8. The van der Waals surface area contributed by atoms with Crippen molar-refractivity contribution in [2.75, 3.05) is 20.0 Å². The predicted molar refractivity (Wildman–Crippen MR) is 87.3 cm³/mol. The number of methoxy groups -OCH3 is 2. The monoisotopic (exact) mass is 332 g/mol. The summed E-state index contributed by atoms with van der Waals surface area (Å²) in [6, 6.07) is 5.17. The molecule has 3 rings (SSSR count). The molecule has 1 aromatic carbocycles. The summed E-state index contributed by atoms with van der Waals surface area (Å²) in [6.07, 6.45) is 1.53. The Morgan fingerprint density at radius 2 is 1.91 bits per heavy atom. The molecule has 0 aliphatic rings. The number of nitrogen functional groups attached to an aromatic ring is 1. The molecule has 3 aromatic rings. The molecule has 0 radical (unpaired) electrons. The Bertz CT molecular complexity index is 866. The van der Waals surface area contributed by atoms with Crippen molar-refractivity contribution in [3.8, 4) is 11.5 Å². The van der Waals surface area contributed by atoms with Crippen molar-refractivity contribution in [3.05, 3.63) is 30.0 Å². The number of fused-ring (bicyclic) bond motifs is 1. The van der Waals surface area contributed by atoms with Crippen LogP contribution >= 0.6 is 0 Å². The van der Waals surface area contributed by atoms with Crippen molar-refractivity contribution in [2.24, 2.45) is 0 Å². The van der Waals surface area contributed by atoms with Crippen LogP contribution in [0.1, 0.15) is 5.56 Å². The predicted octanol–water partition coefficient (Wildman–Crippen LogP) is 2.03. The number of hydrogen-bond donors (Lipinski definition) is 2. The van der Waals surface area contributed by atoms with Gasteiger partial charge < -0.3 is 20.2 Å². The average Bonchev–Trinajstić information content (AvgIpc) is 2.98. The van der Waals surface area contributed by atoms with Crippen LogP contribution in [0.3, 0.4) is 0 Å². The Morgan fingerprint density at radius 3 is 2.61 bits per heavy atom. The quantitative estimate of drug-likeness (QED) is 0.758. The van der Waals surface area contributed by atoms with Crippen LogP contribution in [0.2, 0.25) is 0 Å². The van der Waals surface area contributed by atoms with Gasteiger partial charge in [-0.05, 0) is 13.0 Å². The van der Waals surface area contributed by atoms with E-state index in [1.54, 1.807) is 39.3 Å². The second-order valence-electron chi connectivity index (χ2n) is 4.85. The number of hydrogen-bond acceptors (Lipinski definition) is 6. The largest absolute Gasteiger partial charge is 0.493 e. The van der Waals surface area contributed by atoms with Crippen LogP contribution in [0.4, 0.5) is 5.82 Å². The van der Waals surface area contributed by atoms with Gasteiger partial charge in [-0.2, -0.15) is 0 Å². The molecule has 0 saturated heterocycles. The molecule has 7 nitrogen and oxygen atoms in total. The minimum Gasteiger partial charge on any atom is -0.493 e. The number of aromatic amines is 1. The van der Waals surface area contributed by atoms with Crippen LogP contribution in [0.15, 0.2) is 34.4 Å². The highest BCUT2D eigenvalue weighted by Crippen LogP contribution is 2.32. The zero-order valence-electron chi connectivity index (χ0n) is 12.9. The van der Waals surface area contributed by atoms with Gasteiger partial charge in [-0.1, -0.05) is 0 Å². The molecule has 0 aliphatic heterocycles. The Kier molecular flexibility index (Phi) is 3.91. The highest BCUT2D eigenvalue weighted by molar-refractivity contribution is 7.85. The van der Waals surface area contributed by atoms with E-state index >= 15 is 0 Å². The van der Waals surface area contributed by atoms with E-state index < -0.39 is 10.8 Å². The molecule has 0 spiro atoms. The third-order valence-electron chi connectivity index (χ3n) is 3.53. The van der Waals surface area contributed by atoms with Crippen molar-refractivity contribution in [2.45, 2.75) is 17.0 Å². The molecule has 3 N–H and O–H groups in total. The number of pyridine rings is 1. The van der Waals surface area contributed by atoms with Crippen LogP contribution in [0.5, 0.6) is 11.5 Å². The van der Waals surface area contributed by atoms with E-state index in [0.717, 1.165) is 0 Å². The number of imidazole rings is 1. The fourth-order valence-electron chi connectivity index (χ4n) is 2.24. The summed E-state index contributed by atoms with van der Waals surface area (Å²) in [5.74, 6) is 1.49. The van der Waals surface area contributed by atoms with Gasteiger partial charge in [0, 0.05) is 23.9 Å². The molecular formula is C15H16N4O3S. The van der Waals surface area contributed by atoms with Crippen LogP contribution in [0.25, 0.3) is 11.0 Å². The fourth-order valence-corrected chi connectivity index (χ4v) is 3.40. The molecular weight excluding hydrogens is 316 g/mol. The van der Waals surface area contributed by atoms with Gasteiger partial charge in [0.15, 0.2) is 11.5 Å². The maximum absolute atomic E-state index is 12.8. The number of rotatable bonds is 4. The van der Waals surface area contributed by atoms with Crippen LogP contribution < -0.4 is 15.2 Å². The standard InChI is InChI=1S/C15H16N4O3S/c1-8-13(4-5-17-14(8)16)23(20)15-18-9-6-11(21-2)12(22-3)7-10(9)19-15/h4-7H,1-3H3,(H2,16,17)(H,18,19). The topological polar surface area (TPSA) is 103 Å². The first-order chi connectivity index (χ1) is 11.0. The Morgan fingerprint density at radius 1 is 1.22 bits per heavy atom. The van der Waals surface area contributed by atoms with Gasteiger partial charge in [0.05, 0.1) is 30.1 Å². The van der Waals surface area contributed by atoms with Crippen LogP contribution in [-0.2, 0) is 10.8 Å². The Hall–Kier alpha value is -2.61. The van der Waals surface area contributed by atoms with Gasteiger partial charge in [0.1, 0.15) is 16.6 Å². The average molecular weight is 332 g/mol. The van der Waals surface area contributed by atoms with Crippen molar-refractivity contribution in [1.29, 1.82) is 0 Å². The normalized spacial score (nSPS) is 12.3. The molecule has 2 heterocycles. The summed E-state index contributed by atoms with van der Waals surface area (Å²) in [5, 5.41) is 0.337. The second kappa shape index (κ2) is 5.88. The number of H-pyrrole nitrogens is 1. The van der Waals surface area contributed by atoms with Gasteiger partial charge in [-0.25, -0.2) is 14.2 Å². The minimum absolute atomic E-state index is 0.337. The lowest BCUT2D eigenvalue weighted by molar-refractivity contribution is 0.356. The van der Waals surface area contributed by atoms with Gasteiger partial charge in [0.2, 0.25) is 5.16 Å². The van der Waals surface area contributed by atoms with E-state index in [0.29, 0.717) is 44.0 Å². The molecule has 8 heteroatoms. The van der Waals surface area contributed by atoms with E-state index in [-0.39, 0.29) is 0 Å². The second-order valence-corrected chi connectivity index (χ2v) is 6.22. The van der Waals surface area contributed by atoms with Gasteiger partial charge in [-0.15, -0.1) is 0 Å². The zero-order chi connectivity index (χ0) is 16.6. The van der Waals surface area contributed by atoms with Crippen molar-refractivity contribution < 1.29 is 13.7 Å². The van der Waals surface area contributed by atoms with E-state index in [2.05, 4.69) is 15.0 Å². The number of nitrogens with zero attached hydrogens (tertiary/aromatic N) is 2. The smallest absolute Gasteiger partial charge is 0.202 e. The Labute approximate surface area is 135 Å². The Balaban J connectivity index is 2.10. The number of nitrogens with two attached hydrogens (primary N) is 1. The first-order valence-corrected chi connectivity index (χ1v) is 7.94.